The topological polar surface area (TPSA) is 61.4 Å². The molecule has 0 aromatic heterocycles. The highest BCUT2D eigenvalue weighted by Gasteiger charge is 2.05. The number of anilines is 1. The normalized spacial score (nSPS) is 11.9. The van der Waals surface area contributed by atoms with Crippen LogP contribution in [-0.2, 0) is 6.42 Å². The first-order chi connectivity index (χ1) is 8.63. The zero-order valence-corrected chi connectivity index (χ0v) is 11.1. The Labute approximate surface area is 108 Å². The second-order valence-electron chi connectivity index (χ2n) is 4.43. The molecule has 2 amide bonds. The van der Waals surface area contributed by atoms with Crippen LogP contribution in [0, 0.1) is 0 Å². The summed E-state index contributed by atoms with van der Waals surface area (Å²) in [6.45, 7) is 4.29. The van der Waals surface area contributed by atoms with Gasteiger partial charge in [0, 0.05) is 12.2 Å². The molecular formula is C14H22N2O2. The molecule has 18 heavy (non-hydrogen) atoms. The second kappa shape index (κ2) is 7.71. The maximum atomic E-state index is 11.6. The summed E-state index contributed by atoms with van der Waals surface area (Å²) in [4.78, 5) is 11.6. The molecular weight excluding hydrogens is 228 g/mol. The Balaban J connectivity index is 2.48. The summed E-state index contributed by atoms with van der Waals surface area (Å²) >= 11 is 0. The average Bonchev–Trinajstić information content (AvgIpc) is 2.31. The van der Waals surface area contributed by atoms with Gasteiger partial charge in [0.25, 0.3) is 0 Å². The monoisotopic (exact) mass is 250 g/mol. The molecule has 3 N–H and O–H groups in total. The minimum Gasteiger partial charge on any atom is -0.393 e. The smallest absolute Gasteiger partial charge is 0.319 e. The van der Waals surface area contributed by atoms with Gasteiger partial charge < -0.3 is 15.7 Å². The number of nitrogens with one attached hydrogen (secondary N) is 2. The Morgan fingerprint density at radius 1 is 1.39 bits per heavy atom. The summed E-state index contributed by atoms with van der Waals surface area (Å²) < 4.78 is 0. The third-order valence-electron chi connectivity index (χ3n) is 2.63. The van der Waals surface area contributed by atoms with Crippen LogP contribution in [0.4, 0.5) is 10.5 Å². The molecule has 0 bridgehead atoms. The van der Waals surface area contributed by atoms with Crippen LogP contribution in [0.15, 0.2) is 24.3 Å². The molecule has 0 aliphatic carbocycles. The Morgan fingerprint density at radius 3 is 2.78 bits per heavy atom. The van der Waals surface area contributed by atoms with E-state index in [0.29, 0.717) is 13.0 Å². The number of benzene rings is 1. The number of para-hydroxylation sites is 1. The first kappa shape index (κ1) is 14.5. The van der Waals surface area contributed by atoms with Crippen LogP contribution >= 0.6 is 0 Å². The summed E-state index contributed by atoms with van der Waals surface area (Å²) in [5.41, 5.74) is 2.00. The molecule has 0 aliphatic heterocycles. The third kappa shape index (κ3) is 5.19. The first-order valence-corrected chi connectivity index (χ1v) is 6.44. The molecule has 4 nitrogen and oxygen atoms in total. The Morgan fingerprint density at radius 2 is 2.11 bits per heavy atom. The molecule has 0 spiro atoms. The number of rotatable bonds is 6. The minimum absolute atomic E-state index is 0.223. The van der Waals surface area contributed by atoms with Crippen LogP contribution in [0.25, 0.3) is 0 Å². The van der Waals surface area contributed by atoms with Crippen LogP contribution in [0.2, 0.25) is 0 Å². The van der Waals surface area contributed by atoms with Gasteiger partial charge in [0.15, 0.2) is 0 Å². The highest BCUT2D eigenvalue weighted by Crippen LogP contribution is 2.16. The van der Waals surface area contributed by atoms with E-state index in [0.717, 1.165) is 24.1 Å². The molecule has 100 valence electrons. The number of amides is 2. The van der Waals surface area contributed by atoms with Gasteiger partial charge in [-0.1, -0.05) is 31.5 Å². The molecule has 0 aliphatic rings. The standard InChI is InChI=1S/C14H22N2O2/c1-3-6-12-7-4-5-8-13(12)16-14(18)15-10-9-11(2)17/h4-5,7-8,11,17H,3,6,9-10H2,1-2H3,(H2,15,16,18). The van der Waals surface area contributed by atoms with Gasteiger partial charge in [0.1, 0.15) is 0 Å². The number of hydrogen-bond donors (Lipinski definition) is 3. The highest BCUT2D eigenvalue weighted by molar-refractivity contribution is 5.90. The van der Waals surface area contributed by atoms with Crippen LogP contribution in [0.1, 0.15) is 32.3 Å². The third-order valence-corrected chi connectivity index (χ3v) is 2.63. The summed E-state index contributed by atoms with van der Waals surface area (Å²) in [5.74, 6) is 0. The van der Waals surface area contributed by atoms with Gasteiger partial charge in [-0.2, -0.15) is 0 Å². The Bertz CT molecular complexity index is 378. The van der Waals surface area contributed by atoms with Gasteiger partial charge in [-0.05, 0) is 31.4 Å². The number of urea groups is 1. The number of aryl methyl sites for hydroxylation is 1. The summed E-state index contributed by atoms with van der Waals surface area (Å²) in [7, 11) is 0. The average molecular weight is 250 g/mol. The minimum atomic E-state index is -0.391. The van der Waals surface area contributed by atoms with E-state index in [1.54, 1.807) is 6.92 Å². The predicted molar refractivity (Wildman–Crippen MR) is 73.8 cm³/mol. The van der Waals surface area contributed by atoms with Gasteiger partial charge in [-0.3, -0.25) is 0 Å². The largest absolute Gasteiger partial charge is 0.393 e. The van der Waals surface area contributed by atoms with Crippen LogP contribution < -0.4 is 10.6 Å². The summed E-state index contributed by atoms with van der Waals surface area (Å²) in [5, 5.41) is 14.7. The summed E-state index contributed by atoms with van der Waals surface area (Å²) in [6, 6.07) is 7.58. The number of carbonyl (C=O) groups is 1. The predicted octanol–water partition coefficient (Wildman–Crippen LogP) is 2.53. The number of aliphatic hydroxyl groups excluding tert-OH is 1. The Hall–Kier alpha value is -1.55. The van der Waals surface area contributed by atoms with E-state index in [1.807, 2.05) is 24.3 Å². The van der Waals surface area contributed by atoms with Crippen molar-refractivity contribution < 1.29 is 9.90 Å². The fraction of sp³-hybridized carbons (Fsp3) is 0.500. The van der Waals surface area contributed by atoms with Crippen molar-refractivity contribution in [3.05, 3.63) is 29.8 Å². The van der Waals surface area contributed by atoms with E-state index in [2.05, 4.69) is 17.6 Å². The zero-order chi connectivity index (χ0) is 13.4. The molecule has 1 atom stereocenters. The fourth-order valence-electron chi connectivity index (χ4n) is 1.69. The van der Waals surface area contributed by atoms with E-state index in [4.69, 9.17) is 5.11 Å². The van der Waals surface area contributed by atoms with E-state index < -0.39 is 6.10 Å². The quantitative estimate of drug-likeness (QED) is 0.726. The first-order valence-electron chi connectivity index (χ1n) is 6.44. The van der Waals surface area contributed by atoms with Gasteiger partial charge in [-0.15, -0.1) is 0 Å². The van der Waals surface area contributed by atoms with Gasteiger partial charge in [0.05, 0.1) is 6.10 Å². The molecule has 4 heteroatoms. The van der Waals surface area contributed by atoms with Gasteiger partial charge in [-0.25, -0.2) is 4.79 Å². The zero-order valence-electron chi connectivity index (χ0n) is 11.1. The van der Waals surface area contributed by atoms with Crippen molar-refractivity contribution in [2.45, 2.75) is 39.2 Å². The number of aliphatic hydroxyl groups is 1. The molecule has 1 unspecified atom stereocenters. The maximum Gasteiger partial charge on any atom is 0.319 e. The van der Waals surface area contributed by atoms with E-state index in [-0.39, 0.29) is 6.03 Å². The lowest BCUT2D eigenvalue weighted by Gasteiger charge is -2.11. The van der Waals surface area contributed by atoms with Crippen LogP contribution in [0.5, 0.6) is 0 Å². The maximum absolute atomic E-state index is 11.6. The molecule has 0 radical (unpaired) electrons. The van der Waals surface area contributed by atoms with Crippen molar-refractivity contribution >= 4 is 11.7 Å². The molecule has 0 saturated carbocycles. The van der Waals surface area contributed by atoms with Crippen molar-refractivity contribution in [3.8, 4) is 0 Å². The molecule has 1 aromatic carbocycles. The van der Waals surface area contributed by atoms with Crippen molar-refractivity contribution in [2.24, 2.45) is 0 Å². The van der Waals surface area contributed by atoms with Crippen LogP contribution in [-0.4, -0.2) is 23.8 Å². The summed E-state index contributed by atoms with van der Waals surface area (Å²) in [6.07, 6.45) is 2.16. The number of carbonyl (C=O) groups excluding carboxylic acids is 1. The van der Waals surface area contributed by atoms with E-state index >= 15 is 0 Å². The lowest BCUT2D eigenvalue weighted by molar-refractivity contribution is 0.184. The number of hydrogen-bond acceptors (Lipinski definition) is 2. The SMILES string of the molecule is CCCc1ccccc1NC(=O)NCCC(C)O. The fourth-order valence-corrected chi connectivity index (χ4v) is 1.69. The van der Waals surface area contributed by atoms with E-state index in [9.17, 15) is 4.79 Å². The van der Waals surface area contributed by atoms with Crippen molar-refractivity contribution in [3.63, 3.8) is 0 Å². The van der Waals surface area contributed by atoms with E-state index in [1.165, 1.54) is 0 Å². The highest BCUT2D eigenvalue weighted by atomic mass is 16.3. The Kier molecular flexibility index (Phi) is 6.22. The molecule has 1 aromatic rings. The molecule has 0 fully saturated rings. The van der Waals surface area contributed by atoms with Crippen LogP contribution in [0.3, 0.4) is 0 Å². The lowest BCUT2D eigenvalue weighted by atomic mass is 10.1. The van der Waals surface area contributed by atoms with Crippen molar-refractivity contribution in [1.29, 1.82) is 0 Å². The van der Waals surface area contributed by atoms with Gasteiger partial charge in [0.2, 0.25) is 0 Å². The lowest BCUT2D eigenvalue weighted by Crippen LogP contribution is -2.31. The van der Waals surface area contributed by atoms with Gasteiger partial charge >= 0.3 is 6.03 Å². The molecule has 0 saturated heterocycles. The second-order valence-corrected chi connectivity index (χ2v) is 4.43. The van der Waals surface area contributed by atoms with Crippen molar-refractivity contribution in [1.82, 2.24) is 5.32 Å². The molecule has 1 rings (SSSR count). The van der Waals surface area contributed by atoms with Crippen molar-refractivity contribution in [2.75, 3.05) is 11.9 Å². The molecule has 0 heterocycles.